The highest BCUT2D eigenvalue weighted by molar-refractivity contribution is 5.94. The molecular formula is C38H41N3O5. The van der Waals surface area contributed by atoms with Crippen LogP contribution < -0.4 is 4.74 Å². The van der Waals surface area contributed by atoms with Gasteiger partial charge in [-0.2, -0.15) is 0 Å². The molecule has 1 spiro atoms. The van der Waals surface area contributed by atoms with Crippen molar-refractivity contribution in [2.24, 2.45) is 5.92 Å². The van der Waals surface area contributed by atoms with Crippen molar-refractivity contribution < 1.29 is 23.8 Å². The zero-order chi connectivity index (χ0) is 32.1. The molecule has 0 bridgehead atoms. The maximum atomic E-state index is 13.8. The van der Waals surface area contributed by atoms with Gasteiger partial charge in [0.2, 0.25) is 0 Å². The fourth-order valence-electron chi connectivity index (χ4n) is 7.29. The SMILES string of the molecule is CCOc1ccccc1-c1ccc2c(n1)CN(C(=O)OCc1ccccc1)C[C@]21CCN(C(=O)c2ccccc2)C(OC)[C@H]1CC. The highest BCUT2D eigenvalue weighted by atomic mass is 16.6. The Morgan fingerprint density at radius 1 is 0.913 bits per heavy atom. The van der Waals surface area contributed by atoms with Gasteiger partial charge in [-0.05, 0) is 61.2 Å². The van der Waals surface area contributed by atoms with Crippen molar-refractivity contribution in [2.45, 2.75) is 51.5 Å². The number of para-hydroxylation sites is 1. The van der Waals surface area contributed by atoms with Gasteiger partial charge in [0.25, 0.3) is 5.91 Å². The maximum Gasteiger partial charge on any atom is 0.410 e. The van der Waals surface area contributed by atoms with Crippen LogP contribution in [0.4, 0.5) is 4.79 Å². The Morgan fingerprint density at radius 2 is 1.63 bits per heavy atom. The number of hydrogen-bond donors (Lipinski definition) is 0. The summed E-state index contributed by atoms with van der Waals surface area (Å²) in [5.41, 5.74) is 4.65. The lowest BCUT2D eigenvalue weighted by molar-refractivity contribution is -0.113. The molecule has 0 saturated carbocycles. The van der Waals surface area contributed by atoms with Crippen LogP contribution >= 0.6 is 0 Å². The molecule has 0 N–H and O–H groups in total. The van der Waals surface area contributed by atoms with Crippen molar-refractivity contribution in [3.63, 3.8) is 0 Å². The second-order valence-corrected chi connectivity index (χ2v) is 11.9. The van der Waals surface area contributed by atoms with Crippen molar-refractivity contribution in [3.05, 3.63) is 119 Å². The van der Waals surface area contributed by atoms with Gasteiger partial charge in [0.15, 0.2) is 0 Å². The quantitative estimate of drug-likeness (QED) is 0.210. The number of nitrogens with zero attached hydrogens (tertiary/aromatic N) is 3. The van der Waals surface area contributed by atoms with Crippen molar-refractivity contribution in [2.75, 3.05) is 26.8 Å². The van der Waals surface area contributed by atoms with Crippen LogP contribution in [0.3, 0.4) is 0 Å². The van der Waals surface area contributed by atoms with Gasteiger partial charge in [0, 0.05) is 42.7 Å². The molecule has 3 atom stereocenters. The number of amides is 2. The molecule has 46 heavy (non-hydrogen) atoms. The highest BCUT2D eigenvalue weighted by Crippen LogP contribution is 2.49. The zero-order valence-electron chi connectivity index (χ0n) is 26.7. The Balaban J connectivity index is 1.39. The minimum Gasteiger partial charge on any atom is -0.493 e. The fourth-order valence-corrected chi connectivity index (χ4v) is 7.29. The molecule has 3 heterocycles. The van der Waals surface area contributed by atoms with E-state index in [-0.39, 0.29) is 24.5 Å². The molecule has 0 aliphatic carbocycles. The molecule has 1 fully saturated rings. The third-order valence-corrected chi connectivity index (χ3v) is 9.37. The second kappa shape index (κ2) is 13.7. The number of carbonyl (C=O) groups is 2. The summed E-state index contributed by atoms with van der Waals surface area (Å²) in [6, 6.07) is 31.1. The first-order valence-corrected chi connectivity index (χ1v) is 16.1. The number of ether oxygens (including phenoxy) is 3. The third kappa shape index (κ3) is 5.97. The fraction of sp³-hybridized carbons (Fsp3) is 0.342. The predicted octanol–water partition coefficient (Wildman–Crippen LogP) is 7.08. The molecular weight excluding hydrogens is 578 g/mol. The molecule has 6 rings (SSSR count). The monoisotopic (exact) mass is 619 g/mol. The van der Waals surface area contributed by atoms with Gasteiger partial charge >= 0.3 is 6.09 Å². The minimum absolute atomic E-state index is 0.0584. The Morgan fingerprint density at radius 3 is 2.35 bits per heavy atom. The molecule has 4 aromatic rings. The Hall–Kier alpha value is -4.69. The first-order chi connectivity index (χ1) is 22.5. The summed E-state index contributed by atoms with van der Waals surface area (Å²) in [5.74, 6) is 0.600. The number of piperidine rings is 1. The molecule has 238 valence electrons. The van der Waals surface area contributed by atoms with Gasteiger partial charge in [-0.1, -0.05) is 73.7 Å². The smallest absolute Gasteiger partial charge is 0.410 e. The summed E-state index contributed by atoms with van der Waals surface area (Å²) in [6.07, 6.45) is 0.509. The lowest BCUT2D eigenvalue weighted by atomic mass is 9.61. The van der Waals surface area contributed by atoms with Crippen molar-refractivity contribution in [3.8, 4) is 17.0 Å². The van der Waals surface area contributed by atoms with E-state index < -0.39 is 11.6 Å². The van der Waals surface area contributed by atoms with Crippen LogP contribution in [0.15, 0.2) is 97.1 Å². The van der Waals surface area contributed by atoms with Crippen LogP contribution in [-0.4, -0.2) is 59.8 Å². The predicted molar refractivity (Wildman–Crippen MR) is 176 cm³/mol. The molecule has 8 heteroatoms. The van der Waals surface area contributed by atoms with E-state index in [9.17, 15) is 9.59 Å². The van der Waals surface area contributed by atoms with E-state index in [1.54, 1.807) is 12.0 Å². The van der Waals surface area contributed by atoms with Crippen molar-refractivity contribution in [1.29, 1.82) is 0 Å². The minimum atomic E-state index is -0.507. The standard InChI is InChI=1S/C38H41N3O5/c1-4-30-36(44-3)41(35(42)28-16-10-7-11-17-28)23-22-38(30)26-40(37(43)46-25-27-14-8-6-9-15-27)24-33-31(38)20-21-32(39-33)29-18-12-13-19-34(29)45-5-2/h6-21,30,36H,4-5,22-26H2,1-3H3/t30-,36?,38+/m1/s1. The number of benzene rings is 3. The zero-order valence-corrected chi connectivity index (χ0v) is 26.7. The Labute approximate surface area is 270 Å². The van der Waals surface area contributed by atoms with E-state index >= 15 is 0 Å². The Bertz CT molecular complexity index is 1660. The van der Waals surface area contributed by atoms with E-state index in [1.165, 1.54) is 0 Å². The number of pyridine rings is 1. The van der Waals surface area contributed by atoms with Gasteiger partial charge in [-0.15, -0.1) is 0 Å². The number of hydrogen-bond acceptors (Lipinski definition) is 6. The number of likely N-dealkylation sites (tertiary alicyclic amines) is 1. The van der Waals surface area contributed by atoms with Crippen LogP contribution in [-0.2, 0) is 28.0 Å². The topological polar surface area (TPSA) is 81.2 Å². The summed E-state index contributed by atoms with van der Waals surface area (Å²) in [7, 11) is 1.67. The second-order valence-electron chi connectivity index (χ2n) is 11.9. The number of aromatic nitrogens is 1. The average molecular weight is 620 g/mol. The average Bonchev–Trinajstić information content (AvgIpc) is 3.11. The molecule has 8 nitrogen and oxygen atoms in total. The molecule has 1 saturated heterocycles. The van der Waals surface area contributed by atoms with Crippen molar-refractivity contribution in [1.82, 2.24) is 14.8 Å². The first-order valence-electron chi connectivity index (χ1n) is 16.1. The number of methoxy groups -OCH3 is 1. The molecule has 2 aliphatic rings. The summed E-state index contributed by atoms with van der Waals surface area (Å²) in [5, 5.41) is 0. The summed E-state index contributed by atoms with van der Waals surface area (Å²) in [4.78, 5) is 36.4. The first kappa shape index (κ1) is 31.3. The van der Waals surface area contributed by atoms with E-state index in [1.807, 2.05) is 96.8 Å². The molecule has 0 radical (unpaired) electrons. The summed E-state index contributed by atoms with van der Waals surface area (Å²) < 4.78 is 18.0. The highest BCUT2D eigenvalue weighted by Gasteiger charge is 2.54. The van der Waals surface area contributed by atoms with E-state index in [0.717, 1.165) is 40.2 Å². The summed E-state index contributed by atoms with van der Waals surface area (Å²) >= 11 is 0. The number of fused-ring (bicyclic) bond motifs is 2. The molecule has 1 unspecified atom stereocenters. The molecule has 3 aromatic carbocycles. The van der Waals surface area contributed by atoms with E-state index in [0.29, 0.717) is 38.2 Å². The van der Waals surface area contributed by atoms with E-state index in [4.69, 9.17) is 19.2 Å². The van der Waals surface area contributed by atoms with Gasteiger partial charge in [-0.25, -0.2) is 4.79 Å². The Kier molecular flexibility index (Phi) is 9.35. The molecule has 2 amide bonds. The van der Waals surface area contributed by atoms with Crippen LogP contribution in [0, 0.1) is 5.92 Å². The van der Waals surface area contributed by atoms with Gasteiger partial charge in [-0.3, -0.25) is 9.78 Å². The number of carbonyl (C=O) groups excluding carboxylic acids is 2. The number of rotatable bonds is 8. The van der Waals surface area contributed by atoms with Gasteiger partial charge in [0.05, 0.1) is 24.5 Å². The molecule has 1 aromatic heterocycles. The van der Waals surface area contributed by atoms with Gasteiger partial charge in [0.1, 0.15) is 18.6 Å². The van der Waals surface area contributed by atoms with Crippen LogP contribution in [0.25, 0.3) is 11.3 Å². The largest absolute Gasteiger partial charge is 0.493 e. The van der Waals surface area contributed by atoms with E-state index in [2.05, 4.69) is 19.1 Å². The lowest BCUT2D eigenvalue weighted by Crippen LogP contribution is -2.63. The lowest BCUT2D eigenvalue weighted by Gasteiger charge is -2.55. The van der Waals surface area contributed by atoms with Gasteiger partial charge < -0.3 is 24.0 Å². The third-order valence-electron chi connectivity index (χ3n) is 9.37. The van der Waals surface area contributed by atoms with Crippen LogP contribution in [0.5, 0.6) is 5.75 Å². The van der Waals surface area contributed by atoms with Crippen LogP contribution in [0.1, 0.15) is 53.9 Å². The summed E-state index contributed by atoms with van der Waals surface area (Å²) in [6.45, 7) is 6.05. The normalized spacial score (nSPS) is 20.7. The maximum absolute atomic E-state index is 13.8. The van der Waals surface area contributed by atoms with Crippen molar-refractivity contribution >= 4 is 12.0 Å². The van der Waals surface area contributed by atoms with Crippen LogP contribution in [0.2, 0.25) is 0 Å². The molecule has 2 aliphatic heterocycles.